The lowest BCUT2D eigenvalue weighted by atomic mass is 9.79. The van der Waals surface area contributed by atoms with Gasteiger partial charge in [0.15, 0.2) is 5.82 Å². The average molecular weight is 585 g/mol. The second-order valence-electron chi connectivity index (χ2n) is 10.9. The number of anilines is 1. The number of piperidine rings is 1. The molecule has 2 N–H and O–H groups in total. The number of carbonyl (C=O) groups is 1. The van der Waals surface area contributed by atoms with Gasteiger partial charge in [-0.2, -0.15) is 0 Å². The molecule has 6 rings (SSSR count). The molecule has 10 heteroatoms. The van der Waals surface area contributed by atoms with E-state index in [-0.39, 0.29) is 35.5 Å². The summed E-state index contributed by atoms with van der Waals surface area (Å²) in [4.78, 5) is 29.5. The van der Waals surface area contributed by atoms with E-state index in [2.05, 4.69) is 14.7 Å². The molecule has 1 aliphatic heterocycles. The van der Waals surface area contributed by atoms with Crippen LogP contribution in [-0.4, -0.2) is 45.9 Å². The van der Waals surface area contributed by atoms with Gasteiger partial charge in [0.1, 0.15) is 17.3 Å². The highest BCUT2D eigenvalue weighted by Crippen LogP contribution is 2.39. The predicted octanol–water partition coefficient (Wildman–Crippen LogP) is 6.81. The summed E-state index contributed by atoms with van der Waals surface area (Å²) >= 11 is 0. The molecule has 1 saturated heterocycles. The van der Waals surface area contributed by atoms with Crippen molar-refractivity contribution in [3.63, 3.8) is 0 Å². The lowest BCUT2D eigenvalue weighted by molar-refractivity contribution is 0.111. The van der Waals surface area contributed by atoms with Gasteiger partial charge in [0.25, 0.3) is 0 Å². The van der Waals surface area contributed by atoms with Crippen molar-refractivity contribution in [3.8, 4) is 11.4 Å². The summed E-state index contributed by atoms with van der Waals surface area (Å²) in [7, 11) is 0. The fourth-order valence-electron chi connectivity index (χ4n) is 6.30. The summed E-state index contributed by atoms with van der Waals surface area (Å²) in [6, 6.07) is 25.3. The summed E-state index contributed by atoms with van der Waals surface area (Å²) in [5.41, 5.74) is 1.77. The van der Waals surface area contributed by atoms with E-state index in [1.54, 1.807) is 4.90 Å². The number of carboxylic acid groups (broad SMARTS) is 1. The van der Waals surface area contributed by atoms with Crippen molar-refractivity contribution >= 4 is 22.6 Å². The maximum Gasteiger partial charge on any atom is 0.439 e. The van der Waals surface area contributed by atoms with E-state index < -0.39 is 29.5 Å². The third kappa shape index (κ3) is 5.60. The van der Waals surface area contributed by atoms with Gasteiger partial charge in [0.2, 0.25) is 0 Å². The van der Waals surface area contributed by atoms with Crippen molar-refractivity contribution in [1.29, 1.82) is 0 Å². The summed E-state index contributed by atoms with van der Waals surface area (Å²) in [6.07, 6.45) is -0.503. The van der Waals surface area contributed by atoms with Crippen LogP contribution in [0.3, 0.4) is 0 Å². The van der Waals surface area contributed by atoms with Gasteiger partial charge in [-0.05, 0) is 53.3 Å². The number of nitrogens with one attached hydrogen (secondary N) is 1. The molecule has 3 atom stereocenters. The highest BCUT2D eigenvalue weighted by molar-refractivity contribution is 5.86. The van der Waals surface area contributed by atoms with Crippen LogP contribution in [0.15, 0.2) is 94.2 Å². The Labute approximate surface area is 246 Å². The third-order valence-corrected chi connectivity index (χ3v) is 8.45. The van der Waals surface area contributed by atoms with Gasteiger partial charge in [-0.3, -0.25) is 9.51 Å². The number of H-pyrrole nitrogens is 1. The minimum Gasteiger partial charge on any atom is -0.465 e. The quantitative estimate of drug-likeness (QED) is 0.218. The van der Waals surface area contributed by atoms with Crippen LogP contribution in [0.25, 0.3) is 22.2 Å². The predicted molar refractivity (Wildman–Crippen MR) is 159 cm³/mol. The van der Waals surface area contributed by atoms with Gasteiger partial charge in [0, 0.05) is 31.1 Å². The number of benzene rings is 4. The fraction of sp³-hybridized carbons (Fsp3) is 0.242. The van der Waals surface area contributed by atoms with Crippen LogP contribution in [0, 0.1) is 17.6 Å². The Balaban J connectivity index is 1.30. The van der Waals surface area contributed by atoms with Crippen LogP contribution < -0.4 is 10.7 Å². The third-order valence-electron chi connectivity index (χ3n) is 8.45. The molecule has 0 aliphatic carbocycles. The normalized spacial score (nSPS) is 17.6. The number of rotatable bonds is 7. The van der Waals surface area contributed by atoms with Crippen molar-refractivity contribution < 1.29 is 23.2 Å². The molecule has 1 fully saturated rings. The summed E-state index contributed by atoms with van der Waals surface area (Å²) in [6.45, 7) is 2.78. The van der Waals surface area contributed by atoms with Gasteiger partial charge in [-0.25, -0.2) is 18.4 Å². The lowest BCUT2D eigenvalue weighted by Gasteiger charge is -2.42. The number of aromatic amines is 1. The van der Waals surface area contributed by atoms with Gasteiger partial charge >= 0.3 is 11.8 Å². The SMILES string of the molecule is C[C@H](c1cccc2ccccc12)N(CC1CCN(c2c(F)cc(-c3noc(=O)[nH]3)cc2F)CC1c1ccccc1)C(=O)O. The number of halogens is 2. The highest BCUT2D eigenvalue weighted by Gasteiger charge is 2.36. The number of nitrogens with zero attached hydrogens (tertiary/aromatic N) is 3. The second-order valence-corrected chi connectivity index (χ2v) is 10.9. The first-order valence-corrected chi connectivity index (χ1v) is 14.1. The summed E-state index contributed by atoms with van der Waals surface area (Å²) in [5.74, 6) is -2.76. The van der Waals surface area contributed by atoms with Crippen molar-refractivity contribution in [2.45, 2.75) is 25.3 Å². The average Bonchev–Trinajstić information content (AvgIpc) is 3.45. The fourth-order valence-corrected chi connectivity index (χ4v) is 6.30. The molecule has 8 nitrogen and oxygen atoms in total. The maximum atomic E-state index is 15.4. The zero-order valence-corrected chi connectivity index (χ0v) is 23.4. The number of fused-ring (bicyclic) bond motifs is 1. The van der Waals surface area contributed by atoms with E-state index in [1.807, 2.05) is 79.7 Å². The van der Waals surface area contributed by atoms with E-state index in [0.717, 1.165) is 34.0 Å². The lowest BCUT2D eigenvalue weighted by Crippen LogP contribution is -2.46. The molecule has 0 spiro atoms. The van der Waals surface area contributed by atoms with Crippen LogP contribution in [0.4, 0.5) is 19.3 Å². The van der Waals surface area contributed by atoms with Crippen LogP contribution in [0.1, 0.15) is 36.4 Å². The van der Waals surface area contributed by atoms with Crippen molar-refractivity contribution in [2.75, 3.05) is 24.5 Å². The van der Waals surface area contributed by atoms with Gasteiger partial charge in [0.05, 0.1) is 6.04 Å². The Morgan fingerprint density at radius 2 is 1.77 bits per heavy atom. The smallest absolute Gasteiger partial charge is 0.439 e. The number of hydrogen-bond donors (Lipinski definition) is 2. The molecule has 220 valence electrons. The van der Waals surface area contributed by atoms with Crippen LogP contribution >= 0.6 is 0 Å². The Bertz CT molecular complexity index is 1790. The van der Waals surface area contributed by atoms with Crippen LogP contribution in [0.2, 0.25) is 0 Å². The molecule has 0 radical (unpaired) electrons. The number of amides is 1. The van der Waals surface area contributed by atoms with Crippen LogP contribution in [-0.2, 0) is 0 Å². The maximum absolute atomic E-state index is 15.4. The Hall–Kier alpha value is -4.99. The number of aromatic nitrogens is 2. The first-order chi connectivity index (χ1) is 20.8. The molecular formula is C33H30F2N4O4. The molecule has 1 aliphatic rings. The van der Waals surface area contributed by atoms with Crippen molar-refractivity contribution in [1.82, 2.24) is 15.0 Å². The zero-order valence-electron chi connectivity index (χ0n) is 23.4. The topological polar surface area (TPSA) is 103 Å². The highest BCUT2D eigenvalue weighted by atomic mass is 19.1. The first kappa shape index (κ1) is 28.1. The molecule has 0 bridgehead atoms. The first-order valence-electron chi connectivity index (χ1n) is 14.1. The van der Waals surface area contributed by atoms with Crippen molar-refractivity contribution in [3.05, 3.63) is 118 Å². The van der Waals surface area contributed by atoms with Crippen LogP contribution in [0.5, 0.6) is 0 Å². The molecule has 2 heterocycles. The van der Waals surface area contributed by atoms with Gasteiger partial charge < -0.3 is 14.9 Å². The Morgan fingerprint density at radius 3 is 2.47 bits per heavy atom. The van der Waals surface area contributed by atoms with E-state index in [9.17, 15) is 14.7 Å². The van der Waals surface area contributed by atoms with Gasteiger partial charge in [-0.1, -0.05) is 78.0 Å². The number of hydrogen-bond acceptors (Lipinski definition) is 5. The Morgan fingerprint density at radius 1 is 1.07 bits per heavy atom. The molecule has 4 aromatic carbocycles. The standard InChI is InChI=1S/C33H30F2N4O4/c1-20(25-13-7-11-21-10-5-6-12-26(21)25)39(33(41)42)18-23-14-15-38(19-27(23)22-8-3-2-4-9-22)30-28(34)16-24(17-29(30)35)31-36-32(40)43-37-31/h2-13,16-17,20,23,27H,14-15,18-19H2,1H3,(H,41,42)(H,36,37,40)/t20-,23?,27?/m1/s1. The van der Waals surface area contributed by atoms with E-state index >= 15 is 8.78 Å². The summed E-state index contributed by atoms with van der Waals surface area (Å²) in [5, 5.41) is 15.9. The molecule has 1 aromatic heterocycles. The van der Waals surface area contributed by atoms with Gasteiger partial charge in [-0.15, -0.1) is 0 Å². The molecule has 0 saturated carbocycles. The minimum absolute atomic E-state index is 0.0543. The monoisotopic (exact) mass is 584 g/mol. The molecule has 43 heavy (non-hydrogen) atoms. The van der Waals surface area contributed by atoms with E-state index in [0.29, 0.717) is 19.5 Å². The molecule has 2 unspecified atom stereocenters. The molecular weight excluding hydrogens is 554 g/mol. The summed E-state index contributed by atoms with van der Waals surface area (Å²) < 4.78 is 35.3. The van der Waals surface area contributed by atoms with E-state index in [1.165, 1.54) is 4.90 Å². The van der Waals surface area contributed by atoms with E-state index in [4.69, 9.17) is 0 Å². The van der Waals surface area contributed by atoms with Crippen molar-refractivity contribution in [2.24, 2.45) is 5.92 Å². The minimum atomic E-state index is -1.02. The zero-order chi connectivity index (χ0) is 30.1. The molecule has 1 amide bonds. The molecule has 5 aromatic rings. The second kappa shape index (κ2) is 11.7. The Kier molecular flexibility index (Phi) is 7.67. The largest absolute Gasteiger partial charge is 0.465 e.